The van der Waals surface area contributed by atoms with Crippen LogP contribution in [0.5, 0.6) is 0 Å². The fourth-order valence-electron chi connectivity index (χ4n) is 2.62. The fraction of sp³-hybridized carbons (Fsp3) is 0.471. The SMILES string of the molecule is CCOC(=O)C1=C(NCc2ccccc2N)CCCCC1. The third-order valence-corrected chi connectivity index (χ3v) is 3.79. The van der Waals surface area contributed by atoms with E-state index in [-0.39, 0.29) is 5.97 Å². The van der Waals surface area contributed by atoms with E-state index in [9.17, 15) is 4.79 Å². The Labute approximate surface area is 126 Å². The van der Waals surface area contributed by atoms with Crippen LogP contribution in [0.2, 0.25) is 0 Å². The number of carbonyl (C=O) groups is 1. The first-order chi connectivity index (χ1) is 10.2. The highest BCUT2D eigenvalue weighted by molar-refractivity contribution is 5.89. The Balaban J connectivity index is 2.12. The molecule has 4 nitrogen and oxygen atoms in total. The van der Waals surface area contributed by atoms with Crippen molar-refractivity contribution >= 4 is 11.7 Å². The standard InChI is InChI=1S/C17H24N2O2/c1-2-21-17(20)14-9-4-3-5-11-16(14)19-12-13-8-6-7-10-15(13)18/h6-8,10,19H,2-5,9,11-12,18H2,1H3. The molecule has 3 N–H and O–H groups in total. The van der Waals surface area contributed by atoms with Gasteiger partial charge in [0.2, 0.25) is 0 Å². The first-order valence-electron chi connectivity index (χ1n) is 7.68. The molecular formula is C17H24N2O2. The number of nitrogens with one attached hydrogen (secondary N) is 1. The van der Waals surface area contributed by atoms with Crippen molar-refractivity contribution in [2.24, 2.45) is 0 Å². The van der Waals surface area contributed by atoms with Gasteiger partial charge in [-0.1, -0.05) is 24.6 Å². The van der Waals surface area contributed by atoms with Crippen molar-refractivity contribution < 1.29 is 9.53 Å². The van der Waals surface area contributed by atoms with Crippen LogP contribution in [0.15, 0.2) is 35.5 Å². The number of benzene rings is 1. The summed E-state index contributed by atoms with van der Waals surface area (Å²) < 4.78 is 5.18. The first kappa shape index (κ1) is 15.4. The largest absolute Gasteiger partial charge is 0.463 e. The number of carbonyl (C=O) groups excluding carboxylic acids is 1. The van der Waals surface area contributed by atoms with Gasteiger partial charge in [0.05, 0.1) is 12.2 Å². The van der Waals surface area contributed by atoms with E-state index in [0.717, 1.165) is 54.6 Å². The quantitative estimate of drug-likeness (QED) is 0.645. The molecule has 0 atom stereocenters. The van der Waals surface area contributed by atoms with Crippen LogP contribution in [0.4, 0.5) is 5.69 Å². The lowest BCUT2D eigenvalue weighted by atomic mass is 10.1. The van der Waals surface area contributed by atoms with Crippen molar-refractivity contribution in [3.8, 4) is 0 Å². The van der Waals surface area contributed by atoms with Gasteiger partial charge in [-0.05, 0) is 44.2 Å². The highest BCUT2D eigenvalue weighted by atomic mass is 16.5. The molecule has 0 saturated heterocycles. The Morgan fingerprint density at radius 2 is 2.00 bits per heavy atom. The number of anilines is 1. The van der Waals surface area contributed by atoms with Crippen LogP contribution < -0.4 is 11.1 Å². The van der Waals surface area contributed by atoms with E-state index in [1.165, 1.54) is 0 Å². The van der Waals surface area contributed by atoms with Gasteiger partial charge in [0, 0.05) is 17.9 Å². The van der Waals surface area contributed by atoms with Gasteiger partial charge in [0.25, 0.3) is 0 Å². The number of nitrogens with two attached hydrogens (primary N) is 1. The Bertz CT molecular complexity index is 523. The molecule has 0 heterocycles. The molecule has 4 heteroatoms. The molecular weight excluding hydrogens is 264 g/mol. The van der Waals surface area contributed by atoms with E-state index in [1.807, 2.05) is 31.2 Å². The van der Waals surface area contributed by atoms with Gasteiger partial charge in [-0.25, -0.2) is 4.79 Å². The van der Waals surface area contributed by atoms with Crippen molar-refractivity contribution in [2.45, 2.75) is 45.6 Å². The molecule has 0 unspecified atom stereocenters. The minimum absolute atomic E-state index is 0.178. The lowest BCUT2D eigenvalue weighted by Crippen LogP contribution is -2.19. The summed E-state index contributed by atoms with van der Waals surface area (Å²) >= 11 is 0. The Morgan fingerprint density at radius 3 is 2.76 bits per heavy atom. The van der Waals surface area contributed by atoms with Gasteiger partial charge in [0.1, 0.15) is 0 Å². The molecule has 1 aromatic rings. The van der Waals surface area contributed by atoms with Gasteiger partial charge in [0.15, 0.2) is 0 Å². The molecule has 0 aromatic heterocycles. The zero-order chi connectivity index (χ0) is 15.1. The van der Waals surface area contributed by atoms with E-state index in [4.69, 9.17) is 10.5 Å². The average Bonchev–Trinajstić information content (AvgIpc) is 2.72. The second-order valence-electron chi connectivity index (χ2n) is 5.29. The summed E-state index contributed by atoms with van der Waals surface area (Å²) in [7, 11) is 0. The van der Waals surface area contributed by atoms with Gasteiger partial charge in [-0.2, -0.15) is 0 Å². The predicted octanol–water partition coefficient (Wildman–Crippen LogP) is 3.14. The summed E-state index contributed by atoms with van der Waals surface area (Å²) in [5, 5.41) is 3.41. The van der Waals surface area contributed by atoms with Crippen LogP contribution in [-0.4, -0.2) is 12.6 Å². The second-order valence-corrected chi connectivity index (χ2v) is 5.29. The van der Waals surface area contributed by atoms with Crippen LogP contribution in [0, 0.1) is 0 Å². The van der Waals surface area contributed by atoms with E-state index in [0.29, 0.717) is 13.2 Å². The minimum Gasteiger partial charge on any atom is -0.463 e. The van der Waals surface area contributed by atoms with Crippen LogP contribution in [0.1, 0.15) is 44.6 Å². The van der Waals surface area contributed by atoms with E-state index in [2.05, 4.69) is 5.32 Å². The maximum absolute atomic E-state index is 12.1. The second kappa shape index (κ2) is 7.72. The molecule has 0 fully saturated rings. The highest BCUT2D eigenvalue weighted by Crippen LogP contribution is 2.24. The predicted molar refractivity (Wildman–Crippen MR) is 84.4 cm³/mol. The van der Waals surface area contributed by atoms with E-state index < -0.39 is 0 Å². The number of para-hydroxylation sites is 1. The Hall–Kier alpha value is -1.97. The molecule has 0 bridgehead atoms. The van der Waals surface area contributed by atoms with Crippen molar-refractivity contribution in [2.75, 3.05) is 12.3 Å². The van der Waals surface area contributed by atoms with Crippen molar-refractivity contribution in [3.05, 3.63) is 41.1 Å². The molecule has 1 aromatic carbocycles. The lowest BCUT2D eigenvalue weighted by Gasteiger charge is -2.15. The molecule has 0 saturated carbocycles. The van der Waals surface area contributed by atoms with Crippen LogP contribution in [0.3, 0.4) is 0 Å². The van der Waals surface area contributed by atoms with Gasteiger partial charge >= 0.3 is 5.97 Å². The molecule has 2 rings (SSSR count). The van der Waals surface area contributed by atoms with E-state index >= 15 is 0 Å². The van der Waals surface area contributed by atoms with Gasteiger partial charge in [-0.3, -0.25) is 0 Å². The third kappa shape index (κ3) is 4.25. The molecule has 114 valence electrons. The van der Waals surface area contributed by atoms with Crippen LogP contribution in [0.25, 0.3) is 0 Å². The van der Waals surface area contributed by atoms with Gasteiger partial charge in [-0.15, -0.1) is 0 Å². The number of rotatable bonds is 5. The molecule has 0 aliphatic heterocycles. The summed E-state index contributed by atoms with van der Waals surface area (Å²) in [6.07, 6.45) is 5.01. The van der Waals surface area contributed by atoms with Crippen molar-refractivity contribution in [1.29, 1.82) is 0 Å². The van der Waals surface area contributed by atoms with Gasteiger partial charge < -0.3 is 15.8 Å². The lowest BCUT2D eigenvalue weighted by molar-refractivity contribution is -0.138. The molecule has 0 radical (unpaired) electrons. The number of ether oxygens (including phenoxy) is 1. The minimum atomic E-state index is -0.178. The smallest absolute Gasteiger partial charge is 0.335 e. The number of hydrogen-bond acceptors (Lipinski definition) is 4. The molecule has 1 aliphatic carbocycles. The summed E-state index contributed by atoms with van der Waals surface area (Å²) in [5.74, 6) is -0.178. The number of esters is 1. The number of hydrogen-bond donors (Lipinski definition) is 2. The normalized spacial score (nSPS) is 15.5. The monoisotopic (exact) mass is 288 g/mol. The van der Waals surface area contributed by atoms with Crippen molar-refractivity contribution in [1.82, 2.24) is 5.32 Å². The Kier molecular flexibility index (Phi) is 5.67. The number of nitrogen functional groups attached to an aromatic ring is 1. The molecule has 1 aliphatic rings. The maximum atomic E-state index is 12.1. The topological polar surface area (TPSA) is 64.3 Å². The highest BCUT2D eigenvalue weighted by Gasteiger charge is 2.19. The zero-order valence-corrected chi connectivity index (χ0v) is 12.7. The zero-order valence-electron chi connectivity index (χ0n) is 12.7. The molecule has 0 amide bonds. The summed E-state index contributed by atoms with van der Waals surface area (Å²) in [6, 6.07) is 7.79. The molecule has 21 heavy (non-hydrogen) atoms. The average molecular weight is 288 g/mol. The van der Waals surface area contributed by atoms with Crippen molar-refractivity contribution in [3.63, 3.8) is 0 Å². The van der Waals surface area contributed by atoms with Crippen LogP contribution in [-0.2, 0) is 16.1 Å². The fourth-order valence-corrected chi connectivity index (χ4v) is 2.62. The summed E-state index contributed by atoms with van der Waals surface area (Å²) in [4.78, 5) is 12.1. The molecule has 0 spiro atoms. The summed E-state index contributed by atoms with van der Waals surface area (Å²) in [5.41, 5.74) is 9.62. The maximum Gasteiger partial charge on any atom is 0.335 e. The van der Waals surface area contributed by atoms with E-state index in [1.54, 1.807) is 0 Å². The summed E-state index contributed by atoms with van der Waals surface area (Å²) in [6.45, 7) is 2.90. The Morgan fingerprint density at radius 1 is 1.24 bits per heavy atom. The van der Waals surface area contributed by atoms with Crippen LogP contribution >= 0.6 is 0 Å². The first-order valence-corrected chi connectivity index (χ1v) is 7.68. The number of allylic oxidation sites excluding steroid dienone is 1. The third-order valence-electron chi connectivity index (χ3n) is 3.79.